The van der Waals surface area contributed by atoms with E-state index in [0.717, 1.165) is 116 Å². The van der Waals surface area contributed by atoms with E-state index in [1.54, 1.807) is 0 Å². The molecule has 0 spiro atoms. The molecule has 0 aliphatic carbocycles. The minimum atomic E-state index is -4.96. The molecular formula is C76H144O17P2. The van der Waals surface area contributed by atoms with E-state index in [1.807, 2.05) is 0 Å². The first kappa shape index (κ1) is 92.5. The van der Waals surface area contributed by atoms with Crippen molar-refractivity contribution in [1.29, 1.82) is 0 Å². The molecule has 560 valence electrons. The number of esters is 4. The zero-order valence-corrected chi connectivity index (χ0v) is 63.1. The molecule has 2 unspecified atom stereocenters. The van der Waals surface area contributed by atoms with Crippen molar-refractivity contribution in [2.75, 3.05) is 39.6 Å². The summed E-state index contributed by atoms with van der Waals surface area (Å²) in [6.45, 7) is 7.16. The molecule has 0 rings (SSSR count). The van der Waals surface area contributed by atoms with Gasteiger partial charge in [-0.15, -0.1) is 0 Å². The second kappa shape index (κ2) is 68.7. The Kier molecular flexibility index (Phi) is 66.9. The van der Waals surface area contributed by atoms with Crippen molar-refractivity contribution in [3.63, 3.8) is 0 Å². The number of carbonyl (C=O) groups excluding carboxylic acids is 4. The lowest BCUT2D eigenvalue weighted by Gasteiger charge is -2.21. The molecule has 5 atom stereocenters. The molecule has 0 saturated heterocycles. The van der Waals surface area contributed by atoms with E-state index < -0.39 is 97.5 Å². The minimum Gasteiger partial charge on any atom is -0.462 e. The van der Waals surface area contributed by atoms with E-state index in [1.165, 1.54) is 173 Å². The standard InChI is InChI=1S/C76H144O17P2/c1-6-9-12-15-18-21-24-26-28-29-30-31-33-35-38-41-46-52-57-62-76(81)92-71(65-86-73(78)59-54-49-44-39-37-34-32-27-25-22-19-16-13-10-7-2)67-90-94(82,83)88-63-70(77)64-89-95(84,85)91-68-72(66-87-74(79)60-55-50-47-42-43-48-53-58-69(4)5)93-75(80)61-56-51-45-40-36-23-20-17-14-11-8-3/h22,25,27,32,69-72,77H,6-21,23-24,26,28-31,33-68H2,1-5H3,(H,82,83)(H,84,85)/b25-22-,32-27-/t70-,71-,72-/m1/s1. The summed E-state index contributed by atoms with van der Waals surface area (Å²) in [6, 6.07) is 0. The van der Waals surface area contributed by atoms with Crippen LogP contribution in [0.1, 0.15) is 375 Å². The molecule has 0 fully saturated rings. The molecular weight excluding hydrogens is 1250 g/mol. The van der Waals surface area contributed by atoms with Gasteiger partial charge in [-0.05, 0) is 57.3 Å². The number of hydrogen-bond acceptors (Lipinski definition) is 15. The topological polar surface area (TPSA) is 237 Å². The van der Waals surface area contributed by atoms with Crippen LogP contribution in [0.4, 0.5) is 0 Å². The number of aliphatic hydroxyl groups excluding tert-OH is 1. The van der Waals surface area contributed by atoms with Crippen molar-refractivity contribution >= 4 is 39.5 Å². The smallest absolute Gasteiger partial charge is 0.462 e. The van der Waals surface area contributed by atoms with Gasteiger partial charge in [-0.2, -0.15) is 0 Å². The molecule has 0 aromatic heterocycles. The summed E-state index contributed by atoms with van der Waals surface area (Å²) in [5, 5.41) is 10.6. The summed E-state index contributed by atoms with van der Waals surface area (Å²) in [5.74, 6) is -1.44. The largest absolute Gasteiger partial charge is 0.472 e. The maximum absolute atomic E-state index is 13.1. The van der Waals surface area contributed by atoms with Crippen molar-refractivity contribution in [1.82, 2.24) is 0 Å². The van der Waals surface area contributed by atoms with Gasteiger partial charge in [0.1, 0.15) is 19.3 Å². The van der Waals surface area contributed by atoms with Gasteiger partial charge in [-0.1, -0.05) is 322 Å². The van der Waals surface area contributed by atoms with E-state index in [2.05, 4.69) is 58.9 Å². The van der Waals surface area contributed by atoms with Gasteiger partial charge < -0.3 is 33.8 Å². The fourth-order valence-electron chi connectivity index (χ4n) is 11.2. The Morgan fingerprint density at radius 2 is 0.568 bits per heavy atom. The molecule has 95 heavy (non-hydrogen) atoms. The Hall–Kier alpha value is -2.46. The van der Waals surface area contributed by atoms with E-state index in [4.69, 9.17) is 37.0 Å². The number of rotatable bonds is 74. The fraction of sp³-hybridized carbons (Fsp3) is 0.895. The molecule has 0 bridgehead atoms. The highest BCUT2D eigenvalue weighted by Crippen LogP contribution is 2.45. The zero-order valence-electron chi connectivity index (χ0n) is 61.3. The Morgan fingerprint density at radius 1 is 0.326 bits per heavy atom. The van der Waals surface area contributed by atoms with Crippen LogP contribution in [0, 0.1) is 5.92 Å². The van der Waals surface area contributed by atoms with Crippen LogP contribution in [0.15, 0.2) is 24.3 Å². The quantitative estimate of drug-likeness (QED) is 0.0169. The van der Waals surface area contributed by atoms with Gasteiger partial charge >= 0.3 is 39.5 Å². The van der Waals surface area contributed by atoms with Gasteiger partial charge in [0.05, 0.1) is 26.4 Å². The molecule has 0 aromatic rings. The first-order chi connectivity index (χ1) is 46.0. The van der Waals surface area contributed by atoms with Crippen molar-refractivity contribution < 1.29 is 80.2 Å². The molecule has 0 saturated carbocycles. The van der Waals surface area contributed by atoms with Crippen LogP contribution >= 0.6 is 15.6 Å². The van der Waals surface area contributed by atoms with Gasteiger partial charge in [0, 0.05) is 25.7 Å². The van der Waals surface area contributed by atoms with Crippen LogP contribution < -0.4 is 0 Å². The first-order valence-electron chi connectivity index (χ1n) is 39.0. The first-order valence-corrected chi connectivity index (χ1v) is 41.9. The molecule has 0 aliphatic heterocycles. The SMILES string of the molecule is CCCCCC/C=C\C=C/CCCCCCCC(=O)OC[C@H](COP(=O)(O)OC[C@@H](O)COP(=O)(O)OC[C@@H](COC(=O)CCCCCCCCCC(C)C)OC(=O)CCCCCCCCCCCCC)OC(=O)CCCCCCCCCCCCCCCCCCCCC. The Labute approximate surface area is 580 Å². The Morgan fingerprint density at radius 3 is 0.863 bits per heavy atom. The predicted molar refractivity (Wildman–Crippen MR) is 386 cm³/mol. The second-order valence-corrected chi connectivity index (χ2v) is 30.1. The zero-order chi connectivity index (χ0) is 69.8. The van der Waals surface area contributed by atoms with Gasteiger partial charge in [-0.25, -0.2) is 9.13 Å². The van der Waals surface area contributed by atoms with Crippen LogP contribution in [0.5, 0.6) is 0 Å². The van der Waals surface area contributed by atoms with Crippen LogP contribution in [0.2, 0.25) is 0 Å². The summed E-state index contributed by atoms with van der Waals surface area (Å²) in [4.78, 5) is 72.7. The van der Waals surface area contributed by atoms with Gasteiger partial charge in [0.25, 0.3) is 0 Å². The summed E-state index contributed by atoms with van der Waals surface area (Å²) < 4.78 is 68.4. The minimum absolute atomic E-state index is 0.102. The average molecular weight is 1390 g/mol. The number of phosphoric acid groups is 2. The number of hydrogen-bond donors (Lipinski definition) is 3. The average Bonchev–Trinajstić information content (AvgIpc) is 2.10. The second-order valence-electron chi connectivity index (χ2n) is 27.2. The van der Waals surface area contributed by atoms with E-state index >= 15 is 0 Å². The normalized spacial score (nSPS) is 14.1. The molecule has 3 N–H and O–H groups in total. The predicted octanol–water partition coefficient (Wildman–Crippen LogP) is 22.0. The number of unbranched alkanes of at least 4 members (excludes halogenated alkanes) is 43. The number of carbonyl (C=O) groups is 4. The van der Waals surface area contributed by atoms with Crippen LogP contribution in [0.3, 0.4) is 0 Å². The lowest BCUT2D eigenvalue weighted by atomic mass is 10.0. The lowest BCUT2D eigenvalue weighted by Crippen LogP contribution is -2.30. The highest BCUT2D eigenvalue weighted by molar-refractivity contribution is 7.47. The third-order valence-corrected chi connectivity index (χ3v) is 19.1. The van der Waals surface area contributed by atoms with Gasteiger partial charge in [-0.3, -0.25) is 37.3 Å². The number of allylic oxidation sites excluding steroid dienone is 4. The van der Waals surface area contributed by atoms with Crippen LogP contribution in [0.25, 0.3) is 0 Å². The lowest BCUT2D eigenvalue weighted by molar-refractivity contribution is -0.161. The van der Waals surface area contributed by atoms with Crippen molar-refractivity contribution in [2.24, 2.45) is 5.92 Å². The number of phosphoric ester groups is 2. The van der Waals surface area contributed by atoms with Crippen molar-refractivity contribution in [3.8, 4) is 0 Å². The van der Waals surface area contributed by atoms with Gasteiger partial charge in [0.15, 0.2) is 12.2 Å². The molecule has 0 aromatic carbocycles. The Balaban J connectivity index is 5.25. The maximum Gasteiger partial charge on any atom is 0.472 e. The fourth-order valence-corrected chi connectivity index (χ4v) is 12.7. The molecule has 0 aliphatic rings. The van der Waals surface area contributed by atoms with Crippen molar-refractivity contribution in [3.05, 3.63) is 24.3 Å². The number of aliphatic hydroxyl groups is 1. The Bertz CT molecular complexity index is 1920. The highest BCUT2D eigenvalue weighted by atomic mass is 31.2. The third kappa shape index (κ3) is 69.8. The molecule has 0 amide bonds. The summed E-state index contributed by atoms with van der Waals surface area (Å²) in [5.41, 5.74) is 0. The summed E-state index contributed by atoms with van der Waals surface area (Å²) in [7, 11) is -9.92. The third-order valence-electron chi connectivity index (χ3n) is 17.2. The molecule has 19 heteroatoms. The van der Waals surface area contributed by atoms with Crippen LogP contribution in [-0.4, -0.2) is 96.7 Å². The van der Waals surface area contributed by atoms with E-state index in [0.29, 0.717) is 31.6 Å². The molecule has 0 heterocycles. The number of ether oxygens (including phenoxy) is 4. The highest BCUT2D eigenvalue weighted by Gasteiger charge is 2.30. The summed E-state index contributed by atoms with van der Waals surface area (Å²) in [6.07, 6.45) is 60.6. The van der Waals surface area contributed by atoms with Crippen molar-refractivity contribution in [2.45, 2.75) is 393 Å². The maximum atomic E-state index is 13.1. The van der Waals surface area contributed by atoms with E-state index in [9.17, 15) is 43.2 Å². The van der Waals surface area contributed by atoms with E-state index in [-0.39, 0.29) is 25.7 Å². The molecule has 0 radical (unpaired) electrons. The summed E-state index contributed by atoms with van der Waals surface area (Å²) >= 11 is 0. The monoisotopic (exact) mass is 1390 g/mol. The van der Waals surface area contributed by atoms with Crippen LogP contribution in [-0.2, 0) is 65.4 Å². The van der Waals surface area contributed by atoms with Gasteiger partial charge in [0.2, 0.25) is 0 Å². The molecule has 17 nitrogen and oxygen atoms in total.